The third kappa shape index (κ3) is 4.30. The van der Waals surface area contributed by atoms with Crippen LogP contribution in [-0.2, 0) is 17.9 Å². The molecule has 2 aromatic rings. The van der Waals surface area contributed by atoms with E-state index in [1.165, 1.54) is 6.92 Å². The molecule has 0 aromatic heterocycles. The molecule has 5 nitrogen and oxygen atoms in total. The highest BCUT2D eigenvalue weighted by Gasteiger charge is 2.10. The van der Waals surface area contributed by atoms with E-state index in [1.54, 1.807) is 42.5 Å². The molecular formula is C15H14ClNO4S. The normalized spacial score (nSPS) is 11.8. The lowest BCUT2D eigenvalue weighted by molar-refractivity contribution is 0.101. The highest BCUT2D eigenvalue weighted by molar-refractivity contribution is 7.80. The SMILES string of the molecule is CC(=O)c1ccc(NS(=O)O)c(COc2ccccc2Cl)c1. The predicted molar refractivity (Wildman–Crippen MR) is 86.6 cm³/mol. The van der Waals surface area contributed by atoms with Crippen LogP contribution >= 0.6 is 11.6 Å². The number of carbonyl (C=O) groups excluding carboxylic acids is 1. The molecule has 0 aliphatic heterocycles. The fourth-order valence-corrected chi connectivity index (χ4v) is 2.42. The minimum Gasteiger partial charge on any atom is -0.487 e. The van der Waals surface area contributed by atoms with Gasteiger partial charge in [-0.15, -0.1) is 0 Å². The number of nitrogens with one attached hydrogen (secondary N) is 1. The summed E-state index contributed by atoms with van der Waals surface area (Å²) in [5.41, 5.74) is 1.49. The number of rotatable bonds is 6. The van der Waals surface area contributed by atoms with E-state index >= 15 is 0 Å². The number of hydrogen-bond donors (Lipinski definition) is 2. The third-order valence-corrected chi connectivity index (χ3v) is 3.64. The fraction of sp³-hybridized carbons (Fsp3) is 0.133. The van der Waals surface area contributed by atoms with Crippen molar-refractivity contribution < 1.29 is 18.3 Å². The Hall–Kier alpha value is -1.89. The Bertz CT molecular complexity index is 720. The van der Waals surface area contributed by atoms with Crippen molar-refractivity contribution in [1.82, 2.24) is 0 Å². The first-order valence-electron chi connectivity index (χ1n) is 6.36. The van der Waals surface area contributed by atoms with Gasteiger partial charge in [0.25, 0.3) is 11.3 Å². The van der Waals surface area contributed by atoms with Crippen molar-refractivity contribution in [3.63, 3.8) is 0 Å². The second kappa shape index (κ2) is 7.40. The molecule has 2 rings (SSSR count). The summed E-state index contributed by atoms with van der Waals surface area (Å²) in [6.07, 6.45) is 0. The maximum Gasteiger partial charge on any atom is 0.259 e. The Labute approximate surface area is 135 Å². The van der Waals surface area contributed by atoms with Crippen LogP contribution in [0, 0.1) is 0 Å². The van der Waals surface area contributed by atoms with E-state index in [9.17, 15) is 9.00 Å². The first-order chi connectivity index (χ1) is 10.5. The number of benzene rings is 2. The summed E-state index contributed by atoms with van der Waals surface area (Å²) < 4.78 is 27.9. The van der Waals surface area contributed by atoms with Crippen molar-refractivity contribution in [2.24, 2.45) is 0 Å². The molecule has 1 atom stereocenters. The van der Waals surface area contributed by atoms with E-state index in [0.29, 0.717) is 27.6 Å². The third-order valence-electron chi connectivity index (χ3n) is 2.93. The van der Waals surface area contributed by atoms with Gasteiger partial charge < -0.3 is 4.74 Å². The topological polar surface area (TPSA) is 75.6 Å². The van der Waals surface area contributed by atoms with Gasteiger partial charge in [-0.3, -0.25) is 14.1 Å². The lowest BCUT2D eigenvalue weighted by atomic mass is 10.1. The van der Waals surface area contributed by atoms with Crippen molar-refractivity contribution >= 4 is 34.3 Å². The smallest absolute Gasteiger partial charge is 0.259 e. The van der Waals surface area contributed by atoms with Crippen molar-refractivity contribution in [2.45, 2.75) is 13.5 Å². The highest BCUT2D eigenvalue weighted by atomic mass is 35.5. The first-order valence-corrected chi connectivity index (χ1v) is 7.84. The summed E-state index contributed by atoms with van der Waals surface area (Å²) in [6.45, 7) is 1.55. The van der Waals surface area contributed by atoms with Crippen LogP contribution in [0.2, 0.25) is 5.02 Å². The van der Waals surface area contributed by atoms with Crippen molar-refractivity contribution in [3.8, 4) is 5.75 Å². The van der Waals surface area contributed by atoms with E-state index in [4.69, 9.17) is 20.9 Å². The summed E-state index contributed by atoms with van der Waals surface area (Å²) in [7, 11) is 0. The Kier molecular flexibility index (Phi) is 5.54. The van der Waals surface area contributed by atoms with Crippen LogP contribution in [0.25, 0.3) is 0 Å². The molecule has 0 radical (unpaired) electrons. The molecule has 1 unspecified atom stereocenters. The Balaban J connectivity index is 2.26. The molecule has 0 saturated heterocycles. The van der Waals surface area contributed by atoms with Crippen LogP contribution < -0.4 is 9.46 Å². The molecule has 0 aliphatic carbocycles. The highest BCUT2D eigenvalue weighted by Crippen LogP contribution is 2.26. The van der Waals surface area contributed by atoms with Crippen molar-refractivity contribution in [1.29, 1.82) is 0 Å². The molecule has 22 heavy (non-hydrogen) atoms. The van der Waals surface area contributed by atoms with Crippen LogP contribution in [0.1, 0.15) is 22.8 Å². The Morgan fingerprint density at radius 1 is 1.32 bits per heavy atom. The molecule has 0 heterocycles. The van der Waals surface area contributed by atoms with E-state index < -0.39 is 11.3 Å². The van der Waals surface area contributed by atoms with Gasteiger partial charge in [0.05, 0.1) is 10.7 Å². The number of ether oxygens (including phenoxy) is 1. The van der Waals surface area contributed by atoms with Crippen LogP contribution in [0.3, 0.4) is 0 Å². The van der Waals surface area contributed by atoms with E-state index in [0.717, 1.165) is 0 Å². The predicted octanol–water partition coefficient (Wildman–Crippen LogP) is 3.67. The van der Waals surface area contributed by atoms with Gasteiger partial charge in [-0.25, -0.2) is 4.21 Å². The molecule has 0 saturated carbocycles. The number of halogens is 1. The van der Waals surface area contributed by atoms with Crippen LogP contribution in [0.4, 0.5) is 5.69 Å². The first kappa shape index (κ1) is 16.5. The van der Waals surface area contributed by atoms with Crippen LogP contribution in [-0.4, -0.2) is 14.5 Å². The van der Waals surface area contributed by atoms with Gasteiger partial charge in [0.2, 0.25) is 0 Å². The fourth-order valence-electron chi connectivity index (χ4n) is 1.84. The summed E-state index contributed by atoms with van der Waals surface area (Å²) in [4.78, 5) is 11.5. The zero-order chi connectivity index (χ0) is 16.1. The molecule has 0 spiro atoms. The Morgan fingerprint density at radius 3 is 2.68 bits per heavy atom. The van der Waals surface area contributed by atoms with Gasteiger partial charge in [0.1, 0.15) is 12.4 Å². The monoisotopic (exact) mass is 339 g/mol. The molecule has 7 heteroatoms. The molecular weight excluding hydrogens is 326 g/mol. The van der Waals surface area contributed by atoms with Gasteiger partial charge in [-0.1, -0.05) is 23.7 Å². The largest absolute Gasteiger partial charge is 0.487 e. The van der Waals surface area contributed by atoms with Gasteiger partial charge in [0, 0.05) is 11.1 Å². The minimum absolute atomic E-state index is 0.101. The molecule has 0 amide bonds. The summed E-state index contributed by atoms with van der Waals surface area (Å²) in [5, 5.41) is 0.463. The number of hydrogen-bond acceptors (Lipinski definition) is 3. The quantitative estimate of drug-likeness (QED) is 0.622. The van der Waals surface area contributed by atoms with Crippen LogP contribution in [0.15, 0.2) is 42.5 Å². The molecule has 116 valence electrons. The number of anilines is 1. The maximum absolute atomic E-state index is 11.5. The van der Waals surface area contributed by atoms with Gasteiger partial charge in [0.15, 0.2) is 5.78 Å². The Morgan fingerprint density at radius 2 is 2.05 bits per heavy atom. The number of ketones is 1. The minimum atomic E-state index is -2.21. The zero-order valence-electron chi connectivity index (χ0n) is 11.7. The number of carbonyl (C=O) groups is 1. The average molecular weight is 340 g/mol. The number of Topliss-reactive ketones (excluding diaryl/α,β-unsaturated/α-hetero) is 1. The molecule has 0 fully saturated rings. The van der Waals surface area contributed by atoms with Crippen LogP contribution in [0.5, 0.6) is 5.75 Å². The molecule has 0 aliphatic rings. The van der Waals surface area contributed by atoms with Gasteiger partial charge in [-0.2, -0.15) is 0 Å². The second-order valence-corrected chi connectivity index (χ2v) is 5.61. The lowest BCUT2D eigenvalue weighted by Crippen LogP contribution is -2.08. The van der Waals surface area contributed by atoms with Gasteiger partial charge >= 0.3 is 0 Å². The maximum atomic E-state index is 11.5. The molecule has 2 N–H and O–H groups in total. The van der Waals surface area contributed by atoms with Gasteiger partial charge in [-0.05, 0) is 37.3 Å². The lowest BCUT2D eigenvalue weighted by Gasteiger charge is -2.13. The van der Waals surface area contributed by atoms with Crippen molar-refractivity contribution in [3.05, 3.63) is 58.6 Å². The van der Waals surface area contributed by atoms with Crippen molar-refractivity contribution in [2.75, 3.05) is 4.72 Å². The zero-order valence-corrected chi connectivity index (χ0v) is 13.3. The second-order valence-electron chi connectivity index (χ2n) is 4.50. The molecule has 2 aromatic carbocycles. The summed E-state index contributed by atoms with van der Waals surface area (Å²) in [6, 6.07) is 11.8. The molecule has 0 bridgehead atoms. The number of para-hydroxylation sites is 1. The average Bonchev–Trinajstić information content (AvgIpc) is 2.47. The van der Waals surface area contributed by atoms with E-state index in [-0.39, 0.29) is 12.4 Å². The van der Waals surface area contributed by atoms with E-state index in [1.807, 2.05) is 0 Å². The summed E-state index contributed by atoms with van der Waals surface area (Å²) >= 11 is 3.80. The summed E-state index contributed by atoms with van der Waals surface area (Å²) in [5.74, 6) is 0.393. The standard InChI is InChI=1S/C15H14ClNO4S/c1-10(18)11-6-7-14(17-22(19)20)12(8-11)9-21-15-5-3-2-4-13(15)16/h2-8,17H,9H2,1H3,(H,19,20). The van der Waals surface area contributed by atoms with E-state index in [2.05, 4.69) is 4.72 Å².